The highest BCUT2D eigenvalue weighted by molar-refractivity contribution is 5.74. The van der Waals surface area contributed by atoms with Crippen molar-refractivity contribution in [1.82, 2.24) is 6.15 Å². The summed E-state index contributed by atoms with van der Waals surface area (Å²) in [6.45, 7) is 2.14. The molecule has 0 fully saturated rings. The fourth-order valence-electron chi connectivity index (χ4n) is 1.79. The van der Waals surface area contributed by atoms with Crippen molar-refractivity contribution in [2.45, 2.75) is 13.0 Å². The molecule has 2 aliphatic rings. The van der Waals surface area contributed by atoms with Gasteiger partial charge in [0.05, 0.1) is 0 Å². The molecule has 3 bridgehead atoms. The number of allylic oxidation sites excluding steroid dienone is 1. The number of hydrogen-bond acceptors (Lipinski definition) is 2. The minimum atomic E-state index is 0. The molecular weight excluding hydrogens is 150 g/mol. The molecule has 2 aliphatic heterocycles. The molecule has 1 atom stereocenters. The summed E-state index contributed by atoms with van der Waals surface area (Å²) < 4.78 is 5.60. The second-order valence-corrected chi connectivity index (χ2v) is 3.14. The summed E-state index contributed by atoms with van der Waals surface area (Å²) in [5.74, 6) is 1.06. The molecule has 1 unspecified atom stereocenters. The van der Waals surface area contributed by atoms with Gasteiger partial charge in [0.25, 0.3) is 0 Å². The van der Waals surface area contributed by atoms with Gasteiger partial charge >= 0.3 is 0 Å². The lowest BCUT2D eigenvalue weighted by Crippen LogP contribution is -2.01. The third kappa shape index (κ3) is 0.676. The zero-order chi connectivity index (χ0) is 7.42. The standard InChI is InChI=1S/C10H8O.H3N/c1-6-4-9-7-2-3-8(6)10(5-7)11-9;/h2-5,9H,1H3;1H3. The second-order valence-electron chi connectivity index (χ2n) is 3.14. The molecule has 0 radical (unpaired) electrons. The SMILES string of the molecule is CC1=CC2Oc3cc2ccc31.N. The lowest BCUT2D eigenvalue weighted by molar-refractivity contribution is 0.272. The predicted molar refractivity (Wildman–Crippen MR) is 48.5 cm³/mol. The summed E-state index contributed by atoms with van der Waals surface area (Å²) in [6.07, 6.45) is 2.39. The maximum atomic E-state index is 5.60. The molecule has 3 rings (SSSR count). The second kappa shape index (κ2) is 2.11. The van der Waals surface area contributed by atoms with Crippen molar-refractivity contribution in [3.8, 4) is 5.75 Å². The Labute approximate surface area is 71.4 Å². The number of benzene rings is 1. The van der Waals surface area contributed by atoms with Crippen LogP contribution in [0.3, 0.4) is 0 Å². The smallest absolute Gasteiger partial charge is 0.143 e. The monoisotopic (exact) mass is 161 g/mol. The quantitative estimate of drug-likeness (QED) is 0.635. The molecule has 0 aromatic heterocycles. The van der Waals surface area contributed by atoms with Crippen molar-refractivity contribution in [2.24, 2.45) is 0 Å². The first kappa shape index (κ1) is 7.37. The van der Waals surface area contributed by atoms with E-state index >= 15 is 0 Å². The number of fused-ring (bicyclic) bond motifs is 3. The van der Waals surface area contributed by atoms with Gasteiger partial charge in [0.1, 0.15) is 11.9 Å². The van der Waals surface area contributed by atoms with E-state index in [1.54, 1.807) is 0 Å². The highest BCUT2D eigenvalue weighted by Crippen LogP contribution is 2.43. The van der Waals surface area contributed by atoms with Crippen molar-refractivity contribution in [3.63, 3.8) is 0 Å². The van der Waals surface area contributed by atoms with Crippen molar-refractivity contribution in [1.29, 1.82) is 0 Å². The average Bonchev–Trinajstić information content (AvgIpc) is 2.14. The first-order valence-electron chi connectivity index (χ1n) is 3.84. The van der Waals surface area contributed by atoms with Crippen molar-refractivity contribution < 1.29 is 4.74 Å². The van der Waals surface area contributed by atoms with E-state index in [2.05, 4.69) is 31.2 Å². The van der Waals surface area contributed by atoms with E-state index in [0.717, 1.165) is 5.75 Å². The van der Waals surface area contributed by atoms with Crippen molar-refractivity contribution in [2.75, 3.05) is 0 Å². The van der Waals surface area contributed by atoms with Crippen LogP contribution < -0.4 is 10.9 Å². The van der Waals surface area contributed by atoms with Gasteiger partial charge in [0.15, 0.2) is 0 Å². The van der Waals surface area contributed by atoms with Gasteiger partial charge in [0, 0.05) is 11.1 Å². The third-order valence-electron chi connectivity index (χ3n) is 2.41. The summed E-state index contributed by atoms with van der Waals surface area (Å²) >= 11 is 0. The Hall–Kier alpha value is -1.28. The van der Waals surface area contributed by atoms with Crippen LogP contribution in [0.5, 0.6) is 5.75 Å². The molecule has 12 heavy (non-hydrogen) atoms. The summed E-state index contributed by atoms with van der Waals surface area (Å²) in [5.41, 5.74) is 3.89. The van der Waals surface area contributed by atoms with Gasteiger partial charge in [-0.25, -0.2) is 0 Å². The van der Waals surface area contributed by atoms with Crippen LogP contribution in [0.25, 0.3) is 5.57 Å². The van der Waals surface area contributed by atoms with E-state index in [9.17, 15) is 0 Å². The fraction of sp³-hybridized carbons (Fsp3) is 0.200. The number of ether oxygens (including phenoxy) is 1. The first-order chi connectivity index (χ1) is 5.34. The highest BCUT2D eigenvalue weighted by atomic mass is 16.5. The molecule has 0 amide bonds. The van der Waals surface area contributed by atoms with Gasteiger partial charge < -0.3 is 10.9 Å². The molecule has 0 saturated heterocycles. The van der Waals surface area contributed by atoms with Crippen molar-refractivity contribution in [3.05, 3.63) is 35.4 Å². The summed E-state index contributed by atoms with van der Waals surface area (Å²) in [4.78, 5) is 0. The third-order valence-corrected chi connectivity index (χ3v) is 2.41. The Morgan fingerprint density at radius 3 is 3.00 bits per heavy atom. The van der Waals surface area contributed by atoms with Crippen LogP contribution in [-0.4, -0.2) is 0 Å². The molecule has 2 nitrogen and oxygen atoms in total. The van der Waals surface area contributed by atoms with Gasteiger partial charge in [-0.2, -0.15) is 0 Å². The summed E-state index contributed by atoms with van der Waals surface area (Å²) in [6, 6.07) is 6.42. The number of rotatable bonds is 0. The molecule has 2 heterocycles. The van der Waals surface area contributed by atoms with E-state index in [-0.39, 0.29) is 12.3 Å². The minimum Gasteiger partial charge on any atom is -0.481 e. The van der Waals surface area contributed by atoms with E-state index in [1.165, 1.54) is 16.7 Å². The van der Waals surface area contributed by atoms with Crippen LogP contribution in [0.15, 0.2) is 24.3 Å². The zero-order valence-corrected chi connectivity index (χ0v) is 7.00. The zero-order valence-electron chi connectivity index (χ0n) is 7.00. The van der Waals surface area contributed by atoms with Gasteiger partial charge in [-0.05, 0) is 24.6 Å². The van der Waals surface area contributed by atoms with E-state index in [0.29, 0.717) is 0 Å². The van der Waals surface area contributed by atoms with Gasteiger partial charge in [-0.15, -0.1) is 0 Å². The Bertz CT molecular complexity index is 368. The Morgan fingerprint density at radius 1 is 1.33 bits per heavy atom. The van der Waals surface area contributed by atoms with Crippen LogP contribution in [0.1, 0.15) is 24.2 Å². The molecule has 2 heteroatoms. The molecule has 0 aliphatic carbocycles. The molecule has 0 saturated carbocycles. The van der Waals surface area contributed by atoms with Crippen LogP contribution in [0.2, 0.25) is 0 Å². The molecule has 62 valence electrons. The molecule has 1 aromatic carbocycles. The Kier molecular flexibility index (Phi) is 1.30. The normalized spacial score (nSPS) is 21.4. The Balaban J connectivity index is 0.000000563. The average molecular weight is 161 g/mol. The minimum absolute atomic E-state index is 0. The highest BCUT2D eigenvalue weighted by Gasteiger charge is 2.26. The molecule has 3 N–H and O–H groups in total. The molecule has 1 aromatic rings. The first-order valence-corrected chi connectivity index (χ1v) is 3.84. The van der Waals surface area contributed by atoms with Gasteiger partial charge in [-0.3, -0.25) is 0 Å². The van der Waals surface area contributed by atoms with Crippen LogP contribution in [-0.2, 0) is 0 Å². The van der Waals surface area contributed by atoms with Crippen LogP contribution in [0.4, 0.5) is 0 Å². The van der Waals surface area contributed by atoms with Crippen molar-refractivity contribution >= 4 is 5.57 Å². The predicted octanol–water partition coefficient (Wildman–Crippen LogP) is 2.70. The lowest BCUT2D eigenvalue weighted by Gasteiger charge is -2.14. The van der Waals surface area contributed by atoms with E-state index in [1.807, 2.05) is 0 Å². The molecular formula is C10H11NO. The van der Waals surface area contributed by atoms with Crippen LogP contribution >= 0.6 is 0 Å². The molecule has 0 spiro atoms. The topological polar surface area (TPSA) is 44.2 Å². The van der Waals surface area contributed by atoms with Crippen LogP contribution in [0, 0.1) is 0 Å². The number of hydrogen-bond donors (Lipinski definition) is 1. The largest absolute Gasteiger partial charge is 0.481 e. The van der Waals surface area contributed by atoms with Gasteiger partial charge in [-0.1, -0.05) is 12.1 Å². The van der Waals surface area contributed by atoms with E-state index < -0.39 is 0 Å². The summed E-state index contributed by atoms with van der Waals surface area (Å²) in [5, 5.41) is 0. The maximum absolute atomic E-state index is 5.60. The van der Waals surface area contributed by atoms with E-state index in [4.69, 9.17) is 4.74 Å². The Morgan fingerprint density at radius 2 is 2.17 bits per heavy atom. The maximum Gasteiger partial charge on any atom is 0.143 e. The van der Waals surface area contributed by atoms with Gasteiger partial charge in [0.2, 0.25) is 0 Å². The summed E-state index contributed by atoms with van der Waals surface area (Å²) in [7, 11) is 0. The fourth-order valence-corrected chi connectivity index (χ4v) is 1.79. The lowest BCUT2D eigenvalue weighted by atomic mass is 10.1.